The minimum Gasteiger partial charge on any atom is -0.414 e. The second-order valence-electron chi connectivity index (χ2n) is 4.53. The van der Waals surface area contributed by atoms with Crippen molar-refractivity contribution in [1.82, 2.24) is 4.98 Å². The predicted molar refractivity (Wildman–Crippen MR) is 101 cm³/mol. The van der Waals surface area contributed by atoms with E-state index in [1.165, 1.54) is 0 Å². The Hall–Kier alpha value is -1.09. The molecule has 1 aromatic rings. The molecule has 23 heavy (non-hydrogen) atoms. The number of hydrogen-bond acceptors (Lipinski definition) is 4. The van der Waals surface area contributed by atoms with Gasteiger partial charge in [0, 0.05) is 30.9 Å². The van der Waals surface area contributed by atoms with Gasteiger partial charge in [0.2, 0.25) is 9.04 Å². The Labute approximate surface area is 154 Å². The molecule has 2 radical (unpaired) electrons. The maximum absolute atomic E-state index is 5.17. The second-order valence-corrected chi connectivity index (χ2v) is 6.64. The summed E-state index contributed by atoms with van der Waals surface area (Å²) in [4.78, 5) is 12.7. The molecule has 0 spiro atoms. The van der Waals surface area contributed by atoms with Crippen molar-refractivity contribution < 1.29 is 21.2 Å². The van der Waals surface area contributed by atoms with Crippen LogP contribution in [0.4, 0.5) is 0 Å². The monoisotopic (exact) mass is 378 g/mol. The molecule has 0 unspecified atom stereocenters. The zero-order valence-corrected chi connectivity index (χ0v) is 17.3. The summed E-state index contributed by atoms with van der Waals surface area (Å²) in [6, 6.07) is 5.88. The van der Waals surface area contributed by atoms with Gasteiger partial charge in [-0.25, -0.2) is 4.98 Å². The molecule has 0 amide bonds. The van der Waals surface area contributed by atoms with Crippen LogP contribution in [0.2, 0.25) is 13.1 Å². The molecule has 1 rings (SSSR count). The molecule has 0 aliphatic heterocycles. The van der Waals surface area contributed by atoms with Crippen LogP contribution in [0.15, 0.2) is 40.8 Å². The minimum absolute atomic E-state index is 0. The molecule has 4 nitrogen and oxygen atoms in total. The summed E-state index contributed by atoms with van der Waals surface area (Å²) in [5, 5.41) is 0. The smallest absolute Gasteiger partial charge is 0.205 e. The molecule has 1 heterocycles. The third kappa shape index (κ3) is 12.1. The van der Waals surface area contributed by atoms with Gasteiger partial charge in [-0.1, -0.05) is 12.1 Å². The number of hydrogen-bond donors (Lipinski definition) is 0. The minimum atomic E-state index is -0.469. The number of aliphatic imine (C=N–C) groups is 2. The third-order valence-electron chi connectivity index (χ3n) is 2.65. The van der Waals surface area contributed by atoms with Crippen molar-refractivity contribution in [3.63, 3.8) is 0 Å². The molecule has 0 aromatic carbocycles. The molecular formula is C17H29CoN3OSi-. The molecule has 0 aliphatic rings. The van der Waals surface area contributed by atoms with Gasteiger partial charge in [-0.2, -0.15) is 0 Å². The van der Waals surface area contributed by atoms with Crippen molar-refractivity contribution in [3.8, 4) is 0 Å². The van der Waals surface area contributed by atoms with Gasteiger partial charge in [0.15, 0.2) is 0 Å². The quantitative estimate of drug-likeness (QED) is 0.338. The van der Waals surface area contributed by atoms with E-state index in [-0.39, 0.29) is 24.2 Å². The van der Waals surface area contributed by atoms with Gasteiger partial charge in [-0.15, -0.1) is 6.58 Å². The molecule has 132 valence electrons. The van der Waals surface area contributed by atoms with Gasteiger partial charge >= 0.3 is 0 Å². The Bertz CT molecular complexity index is 469. The fraction of sp³-hybridized carbons (Fsp3) is 0.412. The molecule has 0 fully saturated rings. The largest absolute Gasteiger partial charge is 0.414 e. The van der Waals surface area contributed by atoms with Gasteiger partial charge in [-0.3, -0.25) is 9.98 Å². The van der Waals surface area contributed by atoms with Gasteiger partial charge in [0.1, 0.15) is 0 Å². The van der Waals surface area contributed by atoms with Crippen LogP contribution >= 0.6 is 0 Å². The summed E-state index contributed by atoms with van der Waals surface area (Å²) in [5.41, 5.74) is 3.70. The fourth-order valence-corrected chi connectivity index (χ4v) is 1.74. The Morgan fingerprint density at radius 3 is 1.87 bits per heavy atom. The molecular weight excluding hydrogens is 349 g/mol. The van der Waals surface area contributed by atoms with E-state index >= 15 is 0 Å². The first-order valence-corrected chi connectivity index (χ1v) is 9.25. The Morgan fingerprint density at radius 2 is 1.61 bits per heavy atom. The first kappa shape index (κ1) is 26.8. The normalized spacial score (nSPS) is 10.9. The number of nitrogens with zero attached hydrogens (tertiary/aromatic N) is 3. The van der Waals surface area contributed by atoms with E-state index in [1.807, 2.05) is 32.0 Å². The summed E-state index contributed by atoms with van der Waals surface area (Å²) in [6.07, 6.45) is 1.78. The van der Waals surface area contributed by atoms with E-state index in [4.69, 9.17) is 4.43 Å². The van der Waals surface area contributed by atoms with Crippen LogP contribution in [0.25, 0.3) is 0 Å². The standard InChI is InChI=1S/C11H15N3.C5H11OSi.CH3.Co/c1-8(12-3)10-6-5-7-11(14-10)9(2)13-4;1-4-5-6-7(2)3;;/h5-7H,1-4H3;4H,1,5H2,2-3H3;1H3;/q;;-1;. The Morgan fingerprint density at radius 1 is 1.17 bits per heavy atom. The summed E-state index contributed by atoms with van der Waals surface area (Å²) in [7, 11) is 3.07. The Balaban J connectivity index is -0.000000386. The van der Waals surface area contributed by atoms with Gasteiger partial charge < -0.3 is 11.9 Å². The molecule has 0 N–H and O–H groups in total. The third-order valence-corrected chi connectivity index (χ3v) is 3.40. The summed E-state index contributed by atoms with van der Waals surface area (Å²) in [6.45, 7) is 12.3. The summed E-state index contributed by atoms with van der Waals surface area (Å²) in [5.74, 6) is 0. The number of aromatic nitrogens is 1. The van der Waals surface area contributed by atoms with E-state index < -0.39 is 9.04 Å². The SMILES string of the molecule is C=CCO[Si](C)C.CN=C(C)c1cccc(C(C)=NC)n1.[CH3-].[Co]. The average molecular weight is 378 g/mol. The van der Waals surface area contributed by atoms with Crippen molar-refractivity contribution in [1.29, 1.82) is 0 Å². The molecule has 0 atom stereocenters. The predicted octanol–water partition coefficient (Wildman–Crippen LogP) is 3.85. The summed E-state index contributed by atoms with van der Waals surface area (Å²) < 4.78 is 5.17. The van der Waals surface area contributed by atoms with Gasteiger partial charge in [-0.05, 0) is 39.1 Å². The van der Waals surface area contributed by atoms with Crippen molar-refractivity contribution in [3.05, 3.63) is 49.7 Å². The van der Waals surface area contributed by atoms with Crippen molar-refractivity contribution >= 4 is 20.5 Å². The van der Waals surface area contributed by atoms with E-state index in [0.29, 0.717) is 6.61 Å². The van der Waals surface area contributed by atoms with Crippen LogP contribution < -0.4 is 0 Å². The topological polar surface area (TPSA) is 46.8 Å². The first-order chi connectivity index (χ1) is 9.96. The molecule has 0 saturated heterocycles. The molecule has 0 saturated carbocycles. The van der Waals surface area contributed by atoms with Crippen molar-refractivity contribution in [2.24, 2.45) is 9.98 Å². The maximum Gasteiger partial charge on any atom is 0.205 e. The maximum atomic E-state index is 5.17. The fourth-order valence-electron chi connectivity index (χ4n) is 1.29. The molecule has 1 aromatic heterocycles. The van der Waals surface area contributed by atoms with Crippen molar-refractivity contribution in [2.75, 3.05) is 20.7 Å². The van der Waals surface area contributed by atoms with E-state index in [2.05, 4.69) is 34.6 Å². The Kier molecular flexibility index (Phi) is 18.4. The van der Waals surface area contributed by atoms with Gasteiger partial charge in [0.25, 0.3) is 0 Å². The van der Waals surface area contributed by atoms with Crippen molar-refractivity contribution in [2.45, 2.75) is 26.9 Å². The zero-order chi connectivity index (χ0) is 16.3. The summed E-state index contributed by atoms with van der Waals surface area (Å²) >= 11 is 0. The van der Waals surface area contributed by atoms with Gasteiger partial charge in [0.05, 0.1) is 29.4 Å². The first-order valence-electron chi connectivity index (χ1n) is 6.84. The molecule has 0 bridgehead atoms. The van der Waals surface area contributed by atoms with Crippen LogP contribution in [0.1, 0.15) is 25.2 Å². The molecule has 0 aliphatic carbocycles. The van der Waals surface area contributed by atoms with Crippen LogP contribution in [0, 0.1) is 7.43 Å². The van der Waals surface area contributed by atoms with E-state index in [1.54, 1.807) is 20.2 Å². The number of rotatable bonds is 5. The zero-order valence-electron chi connectivity index (χ0n) is 15.3. The van der Waals surface area contributed by atoms with Crippen LogP contribution in [0.3, 0.4) is 0 Å². The number of pyridine rings is 1. The van der Waals surface area contributed by atoms with E-state index in [0.717, 1.165) is 22.8 Å². The second kappa shape index (κ2) is 15.8. The average Bonchev–Trinajstić information content (AvgIpc) is 2.51. The van der Waals surface area contributed by atoms with Crippen LogP contribution in [0.5, 0.6) is 0 Å². The van der Waals surface area contributed by atoms with Crippen LogP contribution in [-0.2, 0) is 21.2 Å². The van der Waals surface area contributed by atoms with E-state index in [9.17, 15) is 0 Å². The molecule has 6 heteroatoms. The van der Waals surface area contributed by atoms with Crippen LogP contribution in [-0.4, -0.2) is 46.1 Å².